The average Bonchev–Trinajstić information content (AvgIpc) is 3.39. The normalized spacial score (nSPS) is 11.0. The van der Waals surface area contributed by atoms with Crippen LogP contribution in [-0.2, 0) is 13.2 Å². The van der Waals surface area contributed by atoms with E-state index in [2.05, 4.69) is 40.9 Å². The molecule has 0 amide bonds. The lowest BCUT2D eigenvalue weighted by Crippen LogP contribution is -2.15. The van der Waals surface area contributed by atoms with Crippen molar-refractivity contribution in [1.29, 1.82) is 0 Å². The molecule has 206 valence electrons. The third-order valence-corrected chi connectivity index (χ3v) is 6.48. The Morgan fingerprint density at radius 3 is 2.65 bits per heavy atom. The van der Waals surface area contributed by atoms with E-state index < -0.39 is 0 Å². The Balaban J connectivity index is 1.17. The number of hydrogen-bond donors (Lipinski definition) is 2. The lowest BCUT2D eigenvalue weighted by atomic mass is 10.1. The topological polar surface area (TPSA) is 119 Å². The molecule has 0 bridgehead atoms. The molecule has 5 rings (SSSR count). The van der Waals surface area contributed by atoms with Gasteiger partial charge in [-0.3, -0.25) is 9.67 Å². The summed E-state index contributed by atoms with van der Waals surface area (Å²) in [5.41, 5.74) is 5.72. The van der Waals surface area contributed by atoms with E-state index in [0.29, 0.717) is 29.2 Å². The molecule has 2 N–H and O–H groups in total. The second-order valence-corrected chi connectivity index (χ2v) is 10.0. The summed E-state index contributed by atoms with van der Waals surface area (Å²) >= 11 is 6.09. The van der Waals surface area contributed by atoms with Crippen LogP contribution in [-0.4, -0.2) is 55.6 Å². The van der Waals surface area contributed by atoms with Crippen LogP contribution in [0.1, 0.15) is 23.2 Å². The summed E-state index contributed by atoms with van der Waals surface area (Å²) < 4.78 is 7.70. The van der Waals surface area contributed by atoms with Gasteiger partial charge in [0.2, 0.25) is 11.9 Å². The van der Waals surface area contributed by atoms with Gasteiger partial charge in [0.05, 0.1) is 11.7 Å². The summed E-state index contributed by atoms with van der Waals surface area (Å²) in [4.78, 5) is 19.6. The molecular formula is C28H31ClN10O. The number of pyridine rings is 1. The van der Waals surface area contributed by atoms with Crippen molar-refractivity contribution >= 4 is 45.8 Å². The van der Waals surface area contributed by atoms with Crippen molar-refractivity contribution in [3.63, 3.8) is 0 Å². The number of ether oxygens (including phenoxy) is 1. The molecule has 2 aromatic carbocycles. The van der Waals surface area contributed by atoms with Crippen molar-refractivity contribution in [2.45, 2.75) is 33.4 Å². The maximum Gasteiger partial charge on any atom is 0.323 e. The van der Waals surface area contributed by atoms with E-state index in [-0.39, 0.29) is 12.6 Å². The van der Waals surface area contributed by atoms with Gasteiger partial charge in [0.15, 0.2) is 0 Å². The number of anilines is 4. The molecule has 11 nitrogen and oxygen atoms in total. The Kier molecular flexibility index (Phi) is 8.20. The third-order valence-electron chi connectivity index (χ3n) is 6.24. The highest BCUT2D eigenvalue weighted by atomic mass is 35.5. The molecule has 0 aliphatic carbocycles. The Bertz CT molecular complexity index is 1600. The summed E-state index contributed by atoms with van der Waals surface area (Å²) in [5.74, 6) is 0.896. The van der Waals surface area contributed by atoms with Crippen molar-refractivity contribution in [2.75, 3.05) is 36.2 Å². The fourth-order valence-corrected chi connectivity index (χ4v) is 4.35. The Hall–Kier alpha value is -4.51. The fraction of sp³-hybridized carbons (Fsp3) is 0.286. The molecule has 0 spiro atoms. The fourth-order valence-electron chi connectivity index (χ4n) is 4.18. The summed E-state index contributed by atoms with van der Waals surface area (Å²) in [5, 5.41) is 17.0. The number of fused-ring (bicyclic) bond motifs is 1. The number of nitrogens with zero attached hydrogens (tertiary/aromatic N) is 8. The smallest absolute Gasteiger partial charge is 0.323 e. The first-order valence-electron chi connectivity index (χ1n) is 12.9. The summed E-state index contributed by atoms with van der Waals surface area (Å²) in [6.07, 6.45) is 4.50. The number of rotatable bonds is 11. The summed E-state index contributed by atoms with van der Waals surface area (Å²) in [6.45, 7) is 5.73. The number of nitrogens with one attached hydrogen (secondary N) is 2. The Morgan fingerprint density at radius 1 is 1.02 bits per heavy atom. The predicted octanol–water partition coefficient (Wildman–Crippen LogP) is 5.17. The van der Waals surface area contributed by atoms with Crippen molar-refractivity contribution in [3.05, 3.63) is 76.7 Å². The molecule has 0 aliphatic heterocycles. The number of halogens is 1. The third kappa shape index (κ3) is 6.55. The Labute approximate surface area is 237 Å². The van der Waals surface area contributed by atoms with Crippen LogP contribution >= 0.6 is 11.6 Å². The lowest BCUT2D eigenvalue weighted by molar-refractivity contribution is 0.276. The highest BCUT2D eigenvalue weighted by Gasteiger charge is 2.13. The second-order valence-electron chi connectivity index (χ2n) is 9.59. The molecule has 3 aromatic heterocycles. The maximum atomic E-state index is 6.09. The lowest BCUT2D eigenvalue weighted by Gasteiger charge is -2.15. The first kappa shape index (κ1) is 27.1. The van der Waals surface area contributed by atoms with E-state index in [4.69, 9.17) is 16.3 Å². The van der Waals surface area contributed by atoms with Gasteiger partial charge in [0.1, 0.15) is 12.3 Å². The highest BCUT2D eigenvalue weighted by Crippen LogP contribution is 2.25. The molecule has 0 aliphatic rings. The van der Waals surface area contributed by atoms with Crippen LogP contribution < -0.4 is 20.3 Å². The zero-order valence-electron chi connectivity index (χ0n) is 22.9. The highest BCUT2D eigenvalue weighted by molar-refractivity contribution is 6.31. The van der Waals surface area contributed by atoms with E-state index in [1.165, 1.54) is 0 Å². The SMILES string of the molecule is Cc1cccc(C)c1Nc1nc(OCc2cn(CCCNc3ccnc4cc(Cl)ccc34)nn2)nc(N(C)C)n1. The molecule has 0 fully saturated rings. The van der Waals surface area contributed by atoms with E-state index in [9.17, 15) is 0 Å². The zero-order chi connectivity index (χ0) is 28.1. The number of hydrogen-bond acceptors (Lipinski definition) is 10. The number of para-hydroxylation sites is 1. The van der Waals surface area contributed by atoms with E-state index >= 15 is 0 Å². The van der Waals surface area contributed by atoms with E-state index in [1.54, 1.807) is 15.8 Å². The molecule has 0 saturated carbocycles. The van der Waals surface area contributed by atoms with Crippen molar-refractivity contribution in [1.82, 2.24) is 34.9 Å². The average molecular weight is 559 g/mol. The first-order chi connectivity index (χ1) is 19.4. The monoisotopic (exact) mass is 558 g/mol. The number of aromatic nitrogens is 7. The molecule has 5 aromatic rings. The molecule has 12 heteroatoms. The van der Waals surface area contributed by atoms with Gasteiger partial charge in [-0.1, -0.05) is 35.0 Å². The largest absolute Gasteiger partial charge is 0.457 e. The van der Waals surface area contributed by atoms with Crippen LogP contribution in [0.25, 0.3) is 10.9 Å². The van der Waals surface area contributed by atoms with Gasteiger partial charge < -0.3 is 20.3 Å². The van der Waals surface area contributed by atoms with Crippen LogP contribution in [0, 0.1) is 13.8 Å². The van der Waals surface area contributed by atoms with Crippen molar-refractivity contribution in [2.24, 2.45) is 0 Å². The van der Waals surface area contributed by atoms with Crippen molar-refractivity contribution in [3.8, 4) is 6.01 Å². The molecule has 0 atom stereocenters. The van der Waals surface area contributed by atoms with Gasteiger partial charge in [-0.05, 0) is 55.7 Å². The molecule has 0 saturated heterocycles. The zero-order valence-corrected chi connectivity index (χ0v) is 23.6. The van der Waals surface area contributed by atoms with Gasteiger partial charge in [-0.15, -0.1) is 5.10 Å². The molecular weight excluding hydrogens is 528 g/mol. The minimum absolute atomic E-state index is 0.184. The Morgan fingerprint density at radius 2 is 1.85 bits per heavy atom. The van der Waals surface area contributed by atoms with Crippen LogP contribution in [0.3, 0.4) is 0 Å². The quantitative estimate of drug-likeness (QED) is 0.210. The standard InChI is InChI=1S/C28H31ClN10O/c1-18-7-5-8-19(2)25(18)32-26-33-27(38(3)4)35-28(34-26)40-17-21-16-39(37-36-21)14-6-12-30-23-11-13-31-24-15-20(29)9-10-22(23)24/h5,7-11,13,15-16H,6,12,14,17H2,1-4H3,(H,30,31)(H,32,33,34,35). The predicted molar refractivity (Wildman–Crippen MR) is 158 cm³/mol. The van der Waals surface area contributed by atoms with E-state index in [1.807, 2.05) is 76.6 Å². The molecule has 0 unspecified atom stereocenters. The van der Waals surface area contributed by atoms with Gasteiger partial charge in [-0.2, -0.15) is 15.0 Å². The maximum absolute atomic E-state index is 6.09. The first-order valence-corrected chi connectivity index (χ1v) is 13.3. The van der Waals surface area contributed by atoms with Crippen LogP contribution in [0.2, 0.25) is 5.02 Å². The van der Waals surface area contributed by atoms with Gasteiger partial charge in [0, 0.05) is 55.2 Å². The summed E-state index contributed by atoms with van der Waals surface area (Å²) in [7, 11) is 3.74. The molecule has 3 heterocycles. The number of benzene rings is 2. The van der Waals surface area contributed by atoms with Crippen LogP contribution in [0.15, 0.2) is 54.9 Å². The van der Waals surface area contributed by atoms with Gasteiger partial charge in [-0.25, -0.2) is 0 Å². The van der Waals surface area contributed by atoms with Crippen LogP contribution in [0.5, 0.6) is 6.01 Å². The molecule has 0 radical (unpaired) electrons. The second kappa shape index (κ2) is 12.1. The van der Waals surface area contributed by atoms with Crippen LogP contribution in [0.4, 0.5) is 23.3 Å². The minimum Gasteiger partial charge on any atom is -0.457 e. The van der Waals surface area contributed by atoms with Gasteiger partial charge >= 0.3 is 6.01 Å². The molecule has 40 heavy (non-hydrogen) atoms. The van der Waals surface area contributed by atoms with Gasteiger partial charge in [0.25, 0.3) is 0 Å². The summed E-state index contributed by atoms with van der Waals surface area (Å²) in [6, 6.07) is 14.0. The van der Waals surface area contributed by atoms with E-state index in [0.717, 1.165) is 46.4 Å². The number of aryl methyl sites for hydroxylation is 3. The van der Waals surface area contributed by atoms with Crippen molar-refractivity contribution < 1.29 is 4.74 Å². The minimum atomic E-state index is 0.184.